The average Bonchev–Trinajstić information content (AvgIpc) is 3.24. The Morgan fingerprint density at radius 1 is 1.35 bits per heavy atom. The molecule has 0 bridgehead atoms. The molecule has 0 spiro atoms. The highest BCUT2D eigenvalue weighted by Crippen LogP contribution is 2.28. The van der Waals surface area contributed by atoms with Gasteiger partial charge in [0, 0.05) is 25.3 Å². The van der Waals surface area contributed by atoms with Crippen molar-refractivity contribution in [2.45, 2.75) is 59.2 Å². The molecule has 20 heavy (non-hydrogen) atoms. The second-order valence-corrected chi connectivity index (χ2v) is 6.38. The van der Waals surface area contributed by atoms with Crippen molar-refractivity contribution in [1.82, 2.24) is 15.2 Å². The smallest absolute Gasteiger partial charge is 0.0544 e. The van der Waals surface area contributed by atoms with E-state index in [2.05, 4.69) is 48.1 Å². The molecule has 1 saturated carbocycles. The van der Waals surface area contributed by atoms with E-state index in [1.54, 1.807) is 0 Å². The molecule has 0 saturated heterocycles. The summed E-state index contributed by atoms with van der Waals surface area (Å²) >= 11 is 0. The first kappa shape index (κ1) is 15.5. The van der Waals surface area contributed by atoms with Crippen LogP contribution in [0, 0.1) is 5.92 Å². The molecule has 1 aromatic heterocycles. The fourth-order valence-corrected chi connectivity index (χ4v) is 2.48. The Balaban J connectivity index is 1.81. The standard InChI is InChI=1S/C17H29N3/c1-4-9-20(17-7-8-17)13-16-6-5-15(12-19-16)11-18-10-14(2)3/h5-6,12,14,17-18H,4,7-11,13H2,1-3H3. The van der Waals surface area contributed by atoms with E-state index in [0.29, 0.717) is 5.92 Å². The maximum Gasteiger partial charge on any atom is 0.0544 e. The van der Waals surface area contributed by atoms with E-state index in [1.807, 2.05) is 6.20 Å². The average molecular weight is 275 g/mol. The van der Waals surface area contributed by atoms with Crippen molar-refractivity contribution >= 4 is 0 Å². The van der Waals surface area contributed by atoms with Crippen LogP contribution in [0.2, 0.25) is 0 Å². The molecule has 0 aliphatic heterocycles. The van der Waals surface area contributed by atoms with Gasteiger partial charge in [0.25, 0.3) is 0 Å². The molecular formula is C17H29N3. The summed E-state index contributed by atoms with van der Waals surface area (Å²) in [6.07, 6.45) is 6.00. The van der Waals surface area contributed by atoms with Crippen LogP contribution in [0.25, 0.3) is 0 Å². The van der Waals surface area contributed by atoms with Crippen LogP contribution < -0.4 is 5.32 Å². The highest BCUT2D eigenvalue weighted by molar-refractivity contribution is 5.14. The lowest BCUT2D eigenvalue weighted by Crippen LogP contribution is -2.26. The second-order valence-electron chi connectivity index (χ2n) is 6.38. The topological polar surface area (TPSA) is 28.2 Å². The van der Waals surface area contributed by atoms with Crippen LogP contribution in [0.1, 0.15) is 51.3 Å². The van der Waals surface area contributed by atoms with E-state index in [1.165, 1.54) is 37.1 Å². The van der Waals surface area contributed by atoms with Gasteiger partial charge in [-0.25, -0.2) is 0 Å². The lowest BCUT2D eigenvalue weighted by Gasteiger charge is -2.20. The predicted octanol–water partition coefficient (Wildman–Crippen LogP) is 3.20. The highest BCUT2D eigenvalue weighted by atomic mass is 15.2. The van der Waals surface area contributed by atoms with Crippen LogP contribution in [0.3, 0.4) is 0 Å². The first-order valence-electron chi connectivity index (χ1n) is 8.07. The van der Waals surface area contributed by atoms with E-state index in [-0.39, 0.29) is 0 Å². The molecule has 0 unspecified atom stereocenters. The zero-order chi connectivity index (χ0) is 14.4. The summed E-state index contributed by atoms with van der Waals surface area (Å²) in [5, 5.41) is 3.46. The van der Waals surface area contributed by atoms with Crippen LogP contribution >= 0.6 is 0 Å². The van der Waals surface area contributed by atoms with Crippen LogP contribution in [0.15, 0.2) is 18.3 Å². The monoisotopic (exact) mass is 275 g/mol. The Morgan fingerprint density at radius 2 is 2.15 bits per heavy atom. The minimum atomic E-state index is 0.698. The number of hydrogen-bond donors (Lipinski definition) is 1. The van der Waals surface area contributed by atoms with E-state index in [9.17, 15) is 0 Å². The van der Waals surface area contributed by atoms with Gasteiger partial charge in [-0.05, 0) is 49.9 Å². The summed E-state index contributed by atoms with van der Waals surface area (Å²) in [6.45, 7) is 10.9. The van der Waals surface area contributed by atoms with Gasteiger partial charge >= 0.3 is 0 Å². The number of nitrogens with zero attached hydrogens (tertiary/aromatic N) is 2. The molecule has 0 atom stereocenters. The minimum absolute atomic E-state index is 0.698. The van der Waals surface area contributed by atoms with Gasteiger partial charge in [-0.15, -0.1) is 0 Å². The van der Waals surface area contributed by atoms with E-state index in [0.717, 1.165) is 25.7 Å². The number of hydrogen-bond acceptors (Lipinski definition) is 3. The second kappa shape index (κ2) is 7.75. The van der Waals surface area contributed by atoms with Crippen molar-refractivity contribution in [2.75, 3.05) is 13.1 Å². The fourth-order valence-electron chi connectivity index (χ4n) is 2.48. The molecule has 3 heteroatoms. The molecule has 1 fully saturated rings. The summed E-state index contributed by atoms with van der Waals surface area (Å²) in [6, 6.07) is 5.23. The highest BCUT2D eigenvalue weighted by Gasteiger charge is 2.28. The van der Waals surface area contributed by atoms with Gasteiger partial charge in [-0.2, -0.15) is 0 Å². The maximum atomic E-state index is 4.63. The first-order valence-corrected chi connectivity index (χ1v) is 8.07. The molecule has 1 N–H and O–H groups in total. The Kier molecular flexibility index (Phi) is 5.99. The number of aromatic nitrogens is 1. The molecule has 1 aromatic rings. The van der Waals surface area contributed by atoms with Crippen molar-refractivity contribution in [2.24, 2.45) is 5.92 Å². The van der Waals surface area contributed by atoms with Gasteiger partial charge in [0.05, 0.1) is 5.69 Å². The quantitative estimate of drug-likeness (QED) is 0.750. The summed E-state index contributed by atoms with van der Waals surface area (Å²) in [4.78, 5) is 7.21. The van der Waals surface area contributed by atoms with Gasteiger partial charge < -0.3 is 5.32 Å². The van der Waals surface area contributed by atoms with Gasteiger partial charge in [0.15, 0.2) is 0 Å². The van der Waals surface area contributed by atoms with Gasteiger partial charge in [0.1, 0.15) is 0 Å². The molecular weight excluding hydrogens is 246 g/mol. The molecule has 112 valence electrons. The SMILES string of the molecule is CCCN(Cc1ccc(CNCC(C)C)cn1)C1CC1. The van der Waals surface area contributed by atoms with Crippen molar-refractivity contribution in [3.05, 3.63) is 29.6 Å². The molecule has 0 amide bonds. The van der Waals surface area contributed by atoms with Crippen LogP contribution in [0.4, 0.5) is 0 Å². The Labute approximate surface area is 123 Å². The summed E-state index contributed by atoms with van der Waals surface area (Å²) in [5.74, 6) is 0.698. The summed E-state index contributed by atoms with van der Waals surface area (Å²) < 4.78 is 0. The number of nitrogens with one attached hydrogen (secondary N) is 1. The molecule has 2 rings (SSSR count). The van der Waals surface area contributed by atoms with E-state index < -0.39 is 0 Å². The Morgan fingerprint density at radius 3 is 2.70 bits per heavy atom. The Hall–Kier alpha value is -0.930. The maximum absolute atomic E-state index is 4.63. The Bertz CT molecular complexity index is 382. The lowest BCUT2D eigenvalue weighted by molar-refractivity contribution is 0.252. The van der Waals surface area contributed by atoms with Crippen molar-refractivity contribution in [3.63, 3.8) is 0 Å². The third-order valence-corrected chi connectivity index (χ3v) is 3.71. The molecule has 0 aromatic carbocycles. The van der Waals surface area contributed by atoms with Crippen molar-refractivity contribution in [1.29, 1.82) is 0 Å². The number of rotatable bonds is 9. The number of pyridine rings is 1. The van der Waals surface area contributed by atoms with Gasteiger partial charge in [-0.3, -0.25) is 9.88 Å². The molecule has 1 heterocycles. The van der Waals surface area contributed by atoms with E-state index in [4.69, 9.17) is 0 Å². The minimum Gasteiger partial charge on any atom is -0.312 e. The van der Waals surface area contributed by atoms with E-state index >= 15 is 0 Å². The first-order chi connectivity index (χ1) is 9.69. The third kappa shape index (κ3) is 5.22. The largest absolute Gasteiger partial charge is 0.312 e. The van der Waals surface area contributed by atoms with Crippen molar-refractivity contribution < 1.29 is 0 Å². The normalized spacial score (nSPS) is 15.2. The zero-order valence-electron chi connectivity index (χ0n) is 13.2. The van der Waals surface area contributed by atoms with Crippen LogP contribution in [0.5, 0.6) is 0 Å². The molecule has 0 radical (unpaired) electrons. The van der Waals surface area contributed by atoms with Crippen molar-refractivity contribution in [3.8, 4) is 0 Å². The zero-order valence-corrected chi connectivity index (χ0v) is 13.2. The van der Waals surface area contributed by atoms with Gasteiger partial charge in [-0.1, -0.05) is 26.8 Å². The van der Waals surface area contributed by atoms with Crippen LogP contribution in [-0.2, 0) is 13.1 Å². The third-order valence-electron chi connectivity index (χ3n) is 3.71. The molecule has 1 aliphatic carbocycles. The molecule has 3 nitrogen and oxygen atoms in total. The molecule has 1 aliphatic rings. The summed E-state index contributed by atoms with van der Waals surface area (Å²) in [5.41, 5.74) is 2.49. The van der Waals surface area contributed by atoms with Crippen LogP contribution in [-0.4, -0.2) is 29.0 Å². The fraction of sp³-hybridized carbons (Fsp3) is 0.706. The summed E-state index contributed by atoms with van der Waals surface area (Å²) in [7, 11) is 0. The lowest BCUT2D eigenvalue weighted by atomic mass is 10.2. The predicted molar refractivity (Wildman–Crippen MR) is 84.5 cm³/mol. The van der Waals surface area contributed by atoms with Gasteiger partial charge in [0.2, 0.25) is 0 Å².